The van der Waals surface area contributed by atoms with Crippen LogP contribution in [0.5, 0.6) is 0 Å². The second-order valence-electron chi connectivity index (χ2n) is 8.46. The van der Waals surface area contributed by atoms with Crippen LogP contribution in [-0.4, -0.2) is 47.9 Å². The minimum Gasteiger partial charge on any atom is -0.507 e. The number of aliphatic imine (C=N–C) groups is 1. The summed E-state index contributed by atoms with van der Waals surface area (Å²) >= 11 is 0. The molecule has 0 saturated carbocycles. The Balaban J connectivity index is 3.46. The van der Waals surface area contributed by atoms with E-state index in [4.69, 9.17) is 5.73 Å². The number of hydrogen-bond donors (Lipinski definition) is 2. The van der Waals surface area contributed by atoms with E-state index in [2.05, 4.69) is 18.2 Å². The third-order valence-corrected chi connectivity index (χ3v) is 5.27. The number of nitrogens with zero attached hydrogens (tertiary/aromatic N) is 3. The number of Topliss-reactive ketones (excluding diaryl/α,β-unsaturated/α-hetero) is 1. The number of aliphatic hydroxyl groups is 1. The van der Waals surface area contributed by atoms with Crippen LogP contribution in [0.25, 0.3) is 11.6 Å². The zero-order valence-electron chi connectivity index (χ0n) is 22.6. The maximum Gasteiger partial charge on any atom is 0.250 e. The lowest BCUT2D eigenvalue weighted by Gasteiger charge is -2.19. The van der Waals surface area contributed by atoms with Crippen molar-refractivity contribution in [3.8, 4) is 0 Å². The fraction of sp³-hybridized carbons (Fsp3) is 0.200. The topological polar surface area (TPSA) is 116 Å². The normalized spacial score (nSPS) is 13.1. The Morgan fingerprint density at radius 3 is 2.39 bits per heavy atom. The fourth-order valence-corrected chi connectivity index (χ4v) is 3.31. The van der Waals surface area contributed by atoms with E-state index in [1.165, 1.54) is 29.0 Å². The number of carbonyl (C=O) groups excluding carboxylic acids is 3. The van der Waals surface area contributed by atoms with Crippen molar-refractivity contribution in [1.29, 1.82) is 0 Å². The average Bonchev–Trinajstić information content (AvgIpc) is 2.87. The number of carbonyl (C=O) groups is 3. The molecule has 0 aliphatic heterocycles. The number of hydrogen-bond acceptors (Lipinski definition) is 6. The molecule has 0 atom stereocenters. The number of benzene rings is 1. The van der Waals surface area contributed by atoms with Crippen molar-refractivity contribution < 1.29 is 19.5 Å². The number of anilines is 1. The number of rotatable bonds is 13. The molecule has 8 nitrogen and oxygen atoms in total. The number of aliphatic hydroxyl groups excluding tert-OH is 1. The molecule has 0 heterocycles. The van der Waals surface area contributed by atoms with Gasteiger partial charge in [0.2, 0.25) is 12.3 Å². The first-order valence-electron chi connectivity index (χ1n) is 11.8. The predicted molar refractivity (Wildman–Crippen MR) is 156 cm³/mol. The minimum atomic E-state index is -0.355. The van der Waals surface area contributed by atoms with Gasteiger partial charge in [-0.15, -0.1) is 0 Å². The summed E-state index contributed by atoms with van der Waals surface area (Å²) in [6.07, 6.45) is 13.0. The molecule has 0 aliphatic rings. The molecule has 0 unspecified atom stereocenters. The van der Waals surface area contributed by atoms with Gasteiger partial charge in [-0.2, -0.15) is 0 Å². The molecule has 0 aromatic heterocycles. The summed E-state index contributed by atoms with van der Waals surface area (Å²) in [5.74, 6) is -0.504. The highest BCUT2D eigenvalue weighted by Gasteiger charge is 2.15. The highest BCUT2D eigenvalue weighted by Crippen LogP contribution is 2.27. The molecule has 0 spiro atoms. The van der Waals surface area contributed by atoms with Gasteiger partial charge < -0.3 is 20.6 Å². The average molecular weight is 517 g/mol. The smallest absolute Gasteiger partial charge is 0.250 e. The van der Waals surface area contributed by atoms with Crippen LogP contribution in [0.3, 0.4) is 0 Å². The Hall–Kier alpha value is -4.72. The molecule has 0 fully saturated rings. The highest BCUT2D eigenvalue weighted by molar-refractivity contribution is 6.20. The van der Waals surface area contributed by atoms with Gasteiger partial charge >= 0.3 is 0 Å². The molecule has 8 heteroatoms. The lowest BCUT2D eigenvalue weighted by atomic mass is 9.97. The molecule has 0 aliphatic carbocycles. The van der Waals surface area contributed by atoms with E-state index < -0.39 is 0 Å². The van der Waals surface area contributed by atoms with Crippen molar-refractivity contribution in [3.63, 3.8) is 0 Å². The molecule has 0 bridgehead atoms. The Morgan fingerprint density at radius 1 is 1.16 bits per heavy atom. The molecular weight excluding hydrogens is 480 g/mol. The summed E-state index contributed by atoms with van der Waals surface area (Å²) in [5, 5.41) is 9.98. The maximum absolute atomic E-state index is 12.8. The van der Waals surface area contributed by atoms with Gasteiger partial charge in [-0.3, -0.25) is 19.4 Å². The molecule has 2 amide bonds. The number of nitrogens with two attached hydrogens (primary N) is 1. The molecule has 0 radical (unpaired) electrons. The summed E-state index contributed by atoms with van der Waals surface area (Å²) in [7, 11) is 1.57. The van der Waals surface area contributed by atoms with Crippen LogP contribution in [0.1, 0.15) is 38.8 Å². The van der Waals surface area contributed by atoms with Crippen molar-refractivity contribution in [2.24, 2.45) is 10.7 Å². The summed E-state index contributed by atoms with van der Waals surface area (Å²) in [6.45, 7) is 13.9. The molecule has 1 aromatic rings. The molecule has 1 rings (SSSR count). The van der Waals surface area contributed by atoms with E-state index in [0.29, 0.717) is 45.6 Å². The minimum absolute atomic E-state index is 0.0566. The first kappa shape index (κ1) is 31.3. The van der Waals surface area contributed by atoms with E-state index in [1.54, 1.807) is 82.7 Å². The van der Waals surface area contributed by atoms with Crippen molar-refractivity contribution in [3.05, 3.63) is 102 Å². The van der Waals surface area contributed by atoms with Gasteiger partial charge in [-0.25, -0.2) is 0 Å². The highest BCUT2D eigenvalue weighted by atomic mass is 16.3. The first-order valence-corrected chi connectivity index (χ1v) is 11.8. The third kappa shape index (κ3) is 9.39. The largest absolute Gasteiger partial charge is 0.507 e. The lowest BCUT2D eigenvalue weighted by molar-refractivity contribution is -0.122. The van der Waals surface area contributed by atoms with Crippen LogP contribution in [-0.2, 0) is 14.4 Å². The monoisotopic (exact) mass is 516 g/mol. The molecule has 0 saturated heterocycles. The SMILES string of the molecule is C=C/C=C\N=CCN(C=O)c1ccc(C(C(C)=O)=C(C)N)cc1/C=C/C(=O)N(C)/C=C/C(C)=C(/O)C(=C)C. The maximum atomic E-state index is 12.8. The van der Waals surface area contributed by atoms with Crippen LogP contribution in [0.15, 0.2) is 95.7 Å². The summed E-state index contributed by atoms with van der Waals surface area (Å²) in [4.78, 5) is 43.8. The quantitative estimate of drug-likeness (QED) is 0.125. The van der Waals surface area contributed by atoms with E-state index in [-0.39, 0.29) is 24.0 Å². The second kappa shape index (κ2) is 15.4. The lowest BCUT2D eigenvalue weighted by Crippen LogP contribution is -2.24. The Morgan fingerprint density at radius 2 is 1.84 bits per heavy atom. The Labute approximate surface area is 224 Å². The second-order valence-corrected chi connectivity index (χ2v) is 8.46. The van der Waals surface area contributed by atoms with Gasteiger partial charge in [0.1, 0.15) is 5.76 Å². The third-order valence-electron chi connectivity index (χ3n) is 5.27. The van der Waals surface area contributed by atoms with Crippen molar-refractivity contribution >= 4 is 41.7 Å². The zero-order valence-corrected chi connectivity index (χ0v) is 22.6. The van der Waals surface area contributed by atoms with E-state index >= 15 is 0 Å². The van der Waals surface area contributed by atoms with Gasteiger partial charge in [-0.1, -0.05) is 25.3 Å². The van der Waals surface area contributed by atoms with E-state index in [0.717, 1.165) is 0 Å². The summed E-state index contributed by atoms with van der Waals surface area (Å²) < 4.78 is 0. The molecule has 38 heavy (non-hydrogen) atoms. The van der Waals surface area contributed by atoms with Crippen molar-refractivity contribution in [1.82, 2.24) is 4.90 Å². The summed E-state index contributed by atoms with van der Waals surface area (Å²) in [5.41, 5.74) is 9.33. The van der Waals surface area contributed by atoms with Crippen LogP contribution in [0.2, 0.25) is 0 Å². The predicted octanol–water partition coefficient (Wildman–Crippen LogP) is 5.09. The van der Waals surface area contributed by atoms with Crippen molar-refractivity contribution in [2.45, 2.75) is 27.7 Å². The molecule has 3 N–H and O–H groups in total. The van der Waals surface area contributed by atoms with Gasteiger partial charge in [0.05, 0.1) is 12.2 Å². The van der Waals surface area contributed by atoms with Gasteiger partial charge in [0.25, 0.3) is 0 Å². The number of allylic oxidation sites excluding steroid dienone is 7. The molecule has 200 valence electrons. The molecule has 1 aromatic carbocycles. The Bertz CT molecular complexity index is 1260. The van der Waals surface area contributed by atoms with Gasteiger partial charge in [0.15, 0.2) is 5.78 Å². The van der Waals surface area contributed by atoms with Crippen LogP contribution >= 0.6 is 0 Å². The number of likely N-dealkylation sites (N-methyl/N-ethyl adjacent to an activating group) is 1. The number of amides is 2. The fourth-order valence-electron chi connectivity index (χ4n) is 3.31. The zero-order chi connectivity index (χ0) is 28.8. The molecular formula is C30H36N4O4. The van der Waals surface area contributed by atoms with Crippen LogP contribution < -0.4 is 10.6 Å². The van der Waals surface area contributed by atoms with Crippen molar-refractivity contribution in [2.75, 3.05) is 18.5 Å². The van der Waals surface area contributed by atoms with E-state index in [1.807, 2.05) is 0 Å². The number of ketones is 1. The summed E-state index contributed by atoms with van der Waals surface area (Å²) in [6, 6.07) is 5.08. The first-order chi connectivity index (χ1) is 17.9. The van der Waals surface area contributed by atoms with Gasteiger partial charge in [-0.05, 0) is 80.3 Å². The van der Waals surface area contributed by atoms with E-state index in [9.17, 15) is 19.5 Å². The van der Waals surface area contributed by atoms with Gasteiger partial charge in [0, 0.05) is 43.0 Å². The standard InChI is InChI=1S/C30H36N4O4/c1-8-9-15-32-16-18-34(20-35)27-12-10-26(29(23(5)31)24(6)36)19-25(27)11-13-28(37)33(7)17-14-22(4)30(38)21(2)3/h8-17,19-20,38H,1-2,18,31H2,3-7H3/b13-11+,15-9-,17-14+,29-23?,30-22+,32-16?. The van der Waals surface area contributed by atoms with Crippen LogP contribution in [0.4, 0.5) is 5.69 Å². The Kier molecular flexibility index (Phi) is 12.7. The van der Waals surface area contributed by atoms with Crippen LogP contribution in [0, 0.1) is 0 Å².